The first kappa shape index (κ1) is 14.8. The Kier molecular flexibility index (Phi) is 4.74. The lowest BCUT2D eigenvalue weighted by Gasteiger charge is -2.15. The van der Waals surface area contributed by atoms with E-state index in [0.29, 0.717) is 12.0 Å². The number of hydrogen-bond acceptors (Lipinski definition) is 6. The highest BCUT2D eigenvalue weighted by Gasteiger charge is 2.28. The molecule has 6 heteroatoms. The van der Waals surface area contributed by atoms with Gasteiger partial charge in [-0.1, -0.05) is 6.92 Å². The fraction of sp³-hybridized carbons (Fsp3) is 0.385. The van der Waals surface area contributed by atoms with Gasteiger partial charge in [-0.15, -0.1) is 0 Å². The van der Waals surface area contributed by atoms with Crippen LogP contribution in [0.15, 0.2) is 6.07 Å². The molecule has 104 valence electrons. The third kappa shape index (κ3) is 2.62. The molecule has 1 N–H and O–H groups in total. The number of phenols is 1. The molecule has 0 aliphatic heterocycles. The number of rotatable bonds is 4. The topological polar surface area (TPSA) is 82.1 Å². The Morgan fingerprint density at radius 1 is 1.11 bits per heavy atom. The minimum Gasteiger partial charge on any atom is -0.507 e. The predicted octanol–water partition coefficient (Wildman–Crippen LogP) is 1.54. The predicted molar refractivity (Wildman–Crippen MR) is 66.7 cm³/mol. The molecule has 0 saturated heterocycles. The van der Waals surface area contributed by atoms with Crippen molar-refractivity contribution in [2.75, 3.05) is 21.3 Å². The van der Waals surface area contributed by atoms with E-state index >= 15 is 0 Å². The van der Waals surface area contributed by atoms with E-state index < -0.39 is 11.9 Å². The van der Waals surface area contributed by atoms with E-state index in [2.05, 4.69) is 9.47 Å². The van der Waals surface area contributed by atoms with Crippen molar-refractivity contribution in [3.63, 3.8) is 0 Å². The quantitative estimate of drug-likeness (QED) is 0.834. The first-order chi connectivity index (χ1) is 9.01. The Bertz CT molecular complexity index is 506. The zero-order valence-electron chi connectivity index (χ0n) is 11.3. The van der Waals surface area contributed by atoms with Crippen molar-refractivity contribution in [3.05, 3.63) is 22.8 Å². The number of hydrogen-bond donors (Lipinski definition) is 1. The smallest absolute Gasteiger partial charge is 0.345 e. The van der Waals surface area contributed by atoms with Gasteiger partial charge < -0.3 is 19.3 Å². The number of esters is 2. The van der Waals surface area contributed by atoms with Crippen molar-refractivity contribution >= 4 is 11.9 Å². The highest BCUT2D eigenvalue weighted by molar-refractivity contribution is 6.03. The molecule has 1 aromatic rings. The van der Waals surface area contributed by atoms with Gasteiger partial charge in [0.15, 0.2) is 5.75 Å². The Morgan fingerprint density at radius 2 is 1.63 bits per heavy atom. The minimum absolute atomic E-state index is 0.0458. The van der Waals surface area contributed by atoms with Crippen molar-refractivity contribution in [2.45, 2.75) is 13.3 Å². The first-order valence-electron chi connectivity index (χ1n) is 5.61. The third-order valence-corrected chi connectivity index (χ3v) is 2.71. The van der Waals surface area contributed by atoms with Crippen molar-refractivity contribution in [1.82, 2.24) is 0 Å². The highest BCUT2D eigenvalue weighted by Crippen LogP contribution is 2.35. The summed E-state index contributed by atoms with van der Waals surface area (Å²) < 4.78 is 14.3. The first-order valence-corrected chi connectivity index (χ1v) is 5.61. The van der Waals surface area contributed by atoms with E-state index in [9.17, 15) is 14.7 Å². The molecule has 0 aromatic heterocycles. The summed E-state index contributed by atoms with van der Waals surface area (Å²) in [5.41, 5.74) is 0.446. The monoisotopic (exact) mass is 268 g/mol. The maximum absolute atomic E-state index is 11.8. The lowest BCUT2D eigenvalue weighted by Crippen LogP contribution is -2.13. The van der Waals surface area contributed by atoms with E-state index in [-0.39, 0.29) is 22.6 Å². The number of carbonyl (C=O) groups excluding carboxylic acids is 2. The summed E-state index contributed by atoms with van der Waals surface area (Å²) in [4.78, 5) is 23.5. The Labute approximate surface area is 110 Å². The van der Waals surface area contributed by atoms with Crippen molar-refractivity contribution in [2.24, 2.45) is 0 Å². The summed E-state index contributed by atoms with van der Waals surface area (Å²) in [7, 11) is 3.70. The van der Waals surface area contributed by atoms with Gasteiger partial charge in [-0.2, -0.15) is 0 Å². The Morgan fingerprint density at radius 3 is 2.05 bits per heavy atom. The van der Waals surface area contributed by atoms with Crippen LogP contribution in [0.25, 0.3) is 0 Å². The van der Waals surface area contributed by atoms with Crippen molar-refractivity contribution in [1.29, 1.82) is 0 Å². The molecule has 1 rings (SSSR count). The highest BCUT2D eigenvalue weighted by atomic mass is 16.5. The van der Waals surface area contributed by atoms with Gasteiger partial charge in [0.1, 0.15) is 16.9 Å². The number of aryl methyl sites for hydroxylation is 1. The molecular formula is C13H16O6. The van der Waals surface area contributed by atoms with Crippen LogP contribution in [0, 0.1) is 0 Å². The molecule has 0 atom stereocenters. The van der Waals surface area contributed by atoms with Gasteiger partial charge in [-0.25, -0.2) is 9.59 Å². The molecular weight excluding hydrogens is 252 g/mol. The van der Waals surface area contributed by atoms with E-state index in [1.807, 2.05) is 0 Å². The van der Waals surface area contributed by atoms with Gasteiger partial charge in [0.2, 0.25) is 0 Å². The molecule has 0 fully saturated rings. The van der Waals surface area contributed by atoms with E-state index in [1.165, 1.54) is 27.4 Å². The molecule has 1 aromatic carbocycles. The number of methoxy groups -OCH3 is 3. The largest absolute Gasteiger partial charge is 0.507 e. The number of aromatic hydroxyl groups is 1. The maximum Gasteiger partial charge on any atom is 0.345 e. The van der Waals surface area contributed by atoms with E-state index in [0.717, 1.165) is 0 Å². The molecule has 0 aliphatic rings. The number of ether oxygens (including phenoxy) is 3. The van der Waals surface area contributed by atoms with Crippen LogP contribution in [0.2, 0.25) is 0 Å². The molecule has 0 heterocycles. The average Bonchev–Trinajstić information content (AvgIpc) is 2.43. The van der Waals surface area contributed by atoms with E-state index in [1.54, 1.807) is 6.92 Å². The fourth-order valence-corrected chi connectivity index (χ4v) is 1.80. The van der Waals surface area contributed by atoms with Crippen molar-refractivity contribution < 1.29 is 28.9 Å². The van der Waals surface area contributed by atoms with E-state index in [4.69, 9.17) is 4.74 Å². The zero-order chi connectivity index (χ0) is 14.6. The SMILES string of the molecule is CCc1cc(O)c(C(=O)OC)c(OC)c1C(=O)OC. The van der Waals surface area contributed by atoms with Crippen LogP contribution >= 0.6 is 0 Å². The minimum atomic E-state index is -0.790. The van der Waals surface area contributed by atoms with Crippen LogP contribution in [-0.2, 0) is 15.9 Å². The summed E-state index contributed by atoms with van der Waals surface area (Å²) in [6.45, 7) is 1.80. The van der Waals surface area contributed by atoms with Gasteiger partial charge in [0.05, 0.1) is 21.3 Å². The molecule has 0 radical (unpaired) electrons. The van der Waals surface area contributed by atoms with Gasteiger partial charge in [-0.05, 0) is 18.1 Å². The lowest BCUT2D eigenvalue weighted by molar-refractivity contribution is 0.0589. The average molecular weight is 268 g/mol. The van der Waals surface area contributed by atoms with Crippen LogP contribution in [-0.4, -0.2) is 38.4 Å². The second-order valence-electron chi connectivity index (χ2n) is 3.67. The van der Waals surface area contributed by atoms with Gasteiger partial charge in [0.25, 0.3) is 0 Å². The molecule has 0 unspecified atom stereocenters. The summed E-state index contributed by atoms with van der Waals surface area (Å²) in [6.07, 6.45) is 0.468. The normalized spacial score (nSPS) is 9.89. The summed E-state index contributed by atoms with van der Waals surface area (Å²) in [6, 6.07) is 1.33. The summed E-state index contributed by atoms with van der Waals surface area (Å²) in [5.74, 6) is -1.77. The van der Waals surface area contributed by atoms with Crippen LogP contribution in [0.5, 0.6) is 11.5 Å². The van der Waals surface area contributed by atoms with Crippen LogP contribution in [0.1, 0.15) is 33.2 Å². The van der Waals surface area contributed by atoms with Gasteiger partial charge in [0, 0.05) is 0 Å². The van der Waals surface area contributed by atoms with Gasteiger partial charge in [-0.3, -0.25) is 0 Å². The molecule has 0 amide bonds. The standard InChI is InChI=1S/C13H16O6/c1-5-7-6-8(14)10(13(16)19-4)11(17-2)9(7)12(15)18-3/h6,14H,5H2,1-4H3. The molecule has 6 nitrogen and oxygen atoms in total. The molecule has 0 spiro atoms. The lowest BCUT2D eigenvalue weighted by atomic mass is 9.99. The van der Waals surface area contributed by atoms with Crippen LogP contribution in [0.4, 0.5) is 0 Å². The number of carbonyl (C=O) groups is 2. The zero-order valence-corrected chi connectivity index (χ0v) is 11.3. The number of benzene rings is 1. The van der Waals surface area contributed by atoms with Crippen LogP contribution in [0.3, 0.4) is 0 Å². The summed E-state index contributed by atoms with van der Waals surface area (Å²) >= 11 is 0. The molecule has 0 aliphatic carbocycles. The number of phenolic OH excluding ortho intramolecular Hbond substituents is 1. The Hall–Kier alpha value is -2.24. The second kappa shape index (κ2) is 6.08. The second-order valence-corrected chi connectivity index (χ2v) is 3.67. The molecule has 0 saturated carbocycles. The summed E-state index contributed by atoms with van der Waals surface area (Å²) in [5, 5.41) is 9.88. The van der Waals surface area contributed by atoms with Crippen LogP contribution < -0.4 is 4.74 Å². The molecule has 19 heavy (non-hydrogen) atoms. The Balaban J connectivity index is 3.67. The van der Waals surface area contributed by atoms with Gasteiger partial charge >= 0.3 is 11.9 Å². The molecule has 0 bridgehead atoms. The van der Waals surface area contributed by atoms with Crippen molar-refractivity contribution in [3.8, 4) is 11.5 Å². The fourth-order valence-electron chi connectivity index (χ4n) is 1.80. The third-order valence-electron chi connectivity index (χ3n) is 2.71. The maximum atomic E-state index is 11.8.